The summed E-state index contributed by atoms with van der Waals surface area (Å²) in [4.78, 5) is 0. The average Bonchev–Trinajstić information content (AvgIpc) is 2.94. The molecule has 0 aromatic heterocycles. The molecule has 0 radical (unpaired) electrons. The van der Waals surface area contributed by atoms with Crippen LogP contribution in [-0.2, 0) is 2.86 Å². The van der Waals surface area contributed by atoms with E-state index in [1.165, 1.54) is 55.6 Å². The van der Waals surface area contributed by atoms with Gasteiger partial charge in [0.15, 0.2) is 0 Å². The second-order valence-electron chi connectivity index (χ2n) is 7.16. The number of fused-ring (bicyclic) bond motifs is 7. The molecule has 0 spiro atoms. The first-order chi connectivity index (χ1) is 12.2. The fraction of sp³-hybridized carbons (Fsp3) is 0.182. The van der Waals surface area contributed by atoms with Crippen molar-refractivity contribution in [2.75, 3.05) is 0 Å². The van der Waals surface area contributed by atoms with Gasteiger partial charge in [0.25, 0.3) is 0 Å². The smallest absolute Gasteiger partial charge is 0.0587 e. The molecule has 0 aliphatic heterocycles. The van der Waals surface area contributed by atoms with E-state index in [2.05, 4.69) is 153 Å². The topological polar surface area (TPSA) is 0 Å². The summed E-state index contributed by atoms with van der Waals surface area (Å²) in [6, 6.07) is 18.5. The van der Waals surface area contributed by atoms with Crippen molar-refractivity contribution in [3.05, 3.63) is 81.9 Å². The highest BCUT2D eigenvalue weighted by Crippen LogP contribution is 2.66. The molecule has 0 amide bonds. The van der Waals surface area contributed by atoms with E-state index in [1.54, 1.807) is 0 Å². The lowest BCUT2D eigenvalue weighted by molar-refractivity contribution is 1.12. The van der Waals surface area contributed by atoms with Crippen LogP contribution >= 0.6 is 90.4 Å². The average molecular weight is 786 g/mol. The van der Waals surface area contributed by atoms with Crippen LogP contribution < -0.4 is 0 Å². The van der Waals surface area contributed by atoms with E-state index in [-0.39, 0.29) is 2.86 Å². The predicted octanol–water partition coefficient (Wildman–Crippen LogP) is 8.41. The van der Waals surface area contributed by atoms with E-state index in [0.29, 0.717) is 0 Å². The van der Waals surface area contributed by atoms with Gasteiger partial charge < -0.3 is 0 Å². The molecule has 0 N–H and O–H groups in total. The third-order valence-corrected chi connectivity index (χ3v) is 9.92. The Balaban J connectivity index is 1.89. The molecule has 0 saturated carbocycles. The number of halogens is 4. The van der Waals surface area contributed by atoms with Gasteiger partial charge in [0.2, 0.25) is 0 Å². The maximum absolute atomic E-state index is 2.66. The maximum atomic E-state index is 2.66. The molecule has 0 unspecified atom stereocenters. The molecule has 5 rings (SSSR count). The minimum absolute atomic E-state index is 0.0315. The SMILES string of the molecule is Cc1ccc2c(c1)C(I)(I)c1c-2ccc2c1C(I)(I)c1cc(C)ccc1-2. The summed E-state index contributed by atoms with van der Waals surface area (Å²) in [7, 11) is 0. The quantitative estimate of drug-likeness (QED) is 0.159. The Hall–Kier alpha value is 0.580. The van der Waals surface area contributed by atoms with Gasteiger partial charge in [0, 0.05) is 0 Å². The van der Waals surface area contributed by atoms with Crippen LogP contribution in [0.15, 0.2) is 48.5 Å². The minimum Gasteiger partial charge on any atom is -0.0587 e. The molecule has 0 saturated heterocycles. The van der Waals surface area contributed by atoms with Crippen LogP contribution in [0, 0.1) is 13.8 Å². The van der Waals surface area contributed by atoms with Crippen LogP contribution in [0.1, 0.15) is 33.4 Å². The van der Waals surface area contributed by atoms with Gasteiger partial charge in [0.1, 0.15) is 2.86 Å². The Morgan fingerprint density at radius 3 is 1.27 bits per heavy atom. The lowest BCUT2D eigenvalue weighted by Crippen LogP contribution is -2.15. The van der Waals surface area contributed by atoms with Crippen molar-refractivity contribution < 1.29 is 0 Å². The first-order valence-corrected chi connectivity index (χ1v) is 12.7. The van der Waals surface area contributed by atoms with E-state index >= 15 is 0 Å². The molecule has 4 heteroatoms. The molecule has 2 aliphatic carbocycles. The fourth-order valence-electron chi connectivity index (χ4n) is 4.28. The van der Waals surface area contributed by atoms with Crippen molar-refractivity contribution in [1.82, 2.24) is 0 Å². The number of hydrogen-bond acceptors (Lipinski definition) is 0. The summed E-state index contributed by atoms with van der Waals surface area (Å²) in [5.41, 5.74) is 14.1. The Bertz CT molecular complexity index is 1020. The highest BCUT2D eigenvalue weighted by atomic mass is 127. The summed E-state index contributed by atoms with van der Waals surface area (Å²) >= 11 is 10.6. The second-order valence-corrected chi connectivity index (χ2v) is 17.8. The van der Waals surface area contributed by atoms with Gasteiger partial charge in [-0.05, 0) is 58.4 Å². The van der Waals surface area contributed by atoms with Crippen LogP contribution in [0.4, 0.5) is 0 Å². The summed E-state index contributed by atoms with van der Waals surface area (Å²) in [6.45, 7) is 4.38. The molecule has 0 fully saturated rings. The zero-order chi connectivity index (χ0) is 18.4. The van der Waals surface area contributed by atoms with E-state index in [1.807, 2.05) is 0 Å². The fourth-order valence-corrected chi connectivity index (χ4v) is 8.30. The molecular formula is C22H14I4. The van der Waals surface area contributed by atoms with E-state index in [4.69, 9.17) is 0 Å². The first kappa shape index (κ1) is 18.6. The first-order valence-electron chi connectivity index (χ1n) is 8.39. The zero-order valence-electron chi connectivity index (χ0n) is 14.1. The summed E-state index contributed by atoms with van der Waals surface area (Å²) in [5.74, 6) is 0. The third kappa shape index (κ3) is 2.39. The third-order valence-electron chi connectivity index (χ3n) is 5.44. The minimum atomic E-state index is -0.0315. The Kier molecular flexibility index (Phi) is 4.32. The van der Waals surface area contributed by atoms with Crippen LogP contribution in [0.5, 0.6) is 0 Å². The second kappa shape index (κ2) is 6.04. The van der Waals surface area contributed by atoms with Gasteiger partial charge in [-0.15, -0.1) is 0 Å². The molecule has 3 aromatic carbocycles. The van der Waals surface area contributed by atoms with Crippen molar-refractivity contribution in [3.63, 3.8) is 0 Å². The molecule has 26 heavy (non-hydrogen) atoms. The number of alkyl halides is 4. The largest absolute Gasteiger partial charge is 0.125 e. The zero-order valence-corrected chi connectivity index (χ0v) is 22.8. The van der Waals surface area contributed by atoms with E-state index in [0.717, 1.165) is 0 Å². The van der Waals surface area contributed by atoms with Gasteiger partial charge in [0.05, 0.1) is 0 Å². The predicted molar refractivity (Wildman–Crippen MR) is 144 cm³/mol. The van der Waals surface area contributed by atoms with Crippen molar-refractivity contribution >= 4 is 90.4 Å². The van der Waals surface area contributed by atoms with E-state index < -0.39 is 0 Å². The molecule has 3 aromatic rings. The number of benzene rings is 3. The van der Waals surface area contributed by atoms with Crippen molar-refractivity contribution in [2.45, 2.75) is 16.7 Å². The molecule has 0 bridgehead atoms. The Morgan fingerprint density at radius 2 is 0.885 bits per heavy atom. The molecule has 0 heterocycles. The maximum Gasteiger partial charge on any atom is 0.125 e. The molecule has 0 atom stereocenters. The summed E-state index contributed by atoms with van der Waals surface area (Å²) in [6.07, 6.45) is 0. The van der Waals surface area contributed by atoms with Gasteiger partial charge in [-0.1, -0.05) is 150 Å². The molecule has 2 aliphatic rings. The number of hydrogen-bond donors (Lipinski definition) is 0. The van der Waals surface area contributed by atoms with Crippen LogP contribution in [-0.4, -0.2) is 0 Å². The van der Waals surface area contributed by atoms with Gasteiger partial charge in [-0.25, -0.2) is 0 Å². The number of aryl methyl sites for hydroxylation is 2. The van der Waals surface area contributed by atoms with Gasteiger partial charge in [-0.3, -0.25) is 0 Å². The van der Waals surface area contributed by atoms with Crippen molar-refractivity contribution in [2.24, 2.45) is 0 Å². The standard InChI is InChI=1S/C22H14I4/c1-11-3-5-13-15-7-8-16-14-6-4-12(2)10-18(14)22(25,26)20(16)19(15)21(23,24)17(13)9-11/h3-10H,1-2H3. The normalized spacial score (nSPS) is 17.5. The van der Waals surface area contributed by atoms with Gasteiger partial charge >= 0.3 is 0 Å². The summed E-state index contributed by atoms with van der Waals surface area (Å²) in [5, 5.41) is 0. The van der Waals surface area contributed by atoms with Crippen molar-refractivity contribution in [1.29, 1.82) is 0 Å². The lowest BCUT2D eigenvalue weighted by atomic mass is 9.96. The molecular weight excluding hydrogens is 772 g/mol. The monoisotopic (exact) mass is 786 g/mol. The number of rotatable bonds is 0. The van der Waals surface area contributed by atoms with Crippen LogP contribution in [0.3, 0.4) is 0 Å². The highest BCUT2D eigenvalue weighted by molar-refractivity contribution is 14.2. The highest BCUT2D eigenvalue weighted by Gasteiger charge is 2.49. The van der Waals surface area contributed by atoms with Gasteiger partial charge in [-0.2, -0.15) is 0 Å². The van der Waals surface area contributed by atoms with Crippen molar-refractivity contribution in [3.8, 4) is 22.3 Å². The summed E-state index contributed by atoms with van der Waals surface area (Å²) < 4.78 is -0.0630. The molecule has 0 nitrogen and oxygen atoms in total. The molecule has 130 valence electrons. The lowest BCUT2D eigenvalue weighted by Gasteiger charge is -2.26. The Labute approximate surface area is 208 Å². The van der Waals surface area contributed by atoms with Crippen LogP contribution in [0.2, 0.25) is 0 Å². The Morgan fingerprint density at radius 1 is 0.538 bits per heavy atom. The van der Waals surface area contributed by atoms with Crippen LogP contribution in [0.25, 0.3) is 22.3 Å². The van der Waals surface area contributed by atoms with E-state index in [9.17, 15) is 0 Å².